The molecule has 0 amide bonds. The summed E-state index contributed by atoms with van der Waals surface area (Å²) in [7, 11) is 0. The van der Waals surface area contributed by atoms with E-state index in [9.17, 15) is 9.59 Å². The molecule has 1 N–H and O–H groups in total. The van der Waals surface area contributed by atoms with Crippen LogP contribution < -0.4 is 0 Å². The maximum atomic E-state index is 12.0. The van der Waals surface area contributed by atoms with Crippen LogP contribution in [0.25, 0.3) is 32.8 Å². The lowest BCUT2D eigenvalue weighted by atomic mass is 9.99. The number of fused-ring (bicyclic) bond motifs is 2. The monoisotopic (exact) mass is 344 g/mol. The Balaban J connectivity index is 1.89. The van der Waals surface area contributed by atoms with Gasteiger partial charge in [-0.2, -0.15) is 5.10 Å². The third-order valence-corrected chi connectivity index (χ3v) is 4.45. The van der Waals surface area contributed by atoms with E-state index in [2.05, 4.69) is 29.4 Å². The van der Waals surface area contributed by atoms with Crippen LogP contribution in [0.15, 0.2) is 60.7 Å². The highest BCUT2D eigenvalue weighted by Gasteiger charge is 2.16. The molecule has 1 aromatic heterocycles. The predicted octanol–water partition coefficient (Wildman–Crippen LogP) is 4.14. The Hall–Kier alpha value is -3.47. The molecule has 5 nitrogen and oxygen atoms in total. The van der Waals surface area contributed by atoms with Crippen LogP contribution in [-0.2, 0) is 11.3 Å². The fraction of sp³-hybridized carbons (Fsp3) is 0.0952. The number of rotatable bonds is 4. The quantitative estimate of drug-likeness (QED) is 0.565. The summed E-state index contributed by atoms with van der Waals surface area (Å²) < 4.78 is 1.36. The number of ketones is 1. The first-order valence-electron chi connectivity index (χ1n) is 8.25. The fourth-order valence-electron chi connectivity index (χ4n) is 3.24. The van der Waals surface area contributed by atoms with E-state index in [1.54, 1.807) is 0 Å². The first-order chi connectivity index (χ1) is 12.5. The summed E-state index contributed by atoms with van der Waals surface area (Å²) in [6.07, 6.45) is 0. The number of carboxylic acid groups (broad SMARTS) is 1. The van der Waals surface area contributed by atoms with E-state index >= 15 is 0 Å². The van der Waals surface area contributed by atoms with Gasteiger partial charge in [0.05, 0.1) is 5.52 Å². The fourth-order valence-corrected chi connectivity index (χ4v) is 3.24. The second-order valence-corrected chi connectivity index (χ2v) is 6.25. The predicted molar refractivity (Wildman–Crippen MR) is 100 cm³/mol. The van der Waals surface area contributed by atoms with Gasteiger partial charge >= 0.3 is 5.97 Å². The van der Waals surface area contributed by atoms with Gasteiger partial charge in [0.25, 0.3) is 0 Å². The largest absolute Gasteiger partial charge is 0.480 e. The molecule has 0 saturated heterocycles. The number of aliphatic carboxylic acids is 1. The van der Waals surface area contributed by atoms with Gasteiger partial charge in [0.1, 0.15) is 12.2 Å². The molecule has 1 heterocycles. The minimum atomic E-state index is -0.997. The molecule has 0 radical (unpaired) electrons. The lowest BCUT2D eigenvalue weighted by Gasteiger charge is -2.05. The van der Waals surface area contributed by atoms with Crippen LogP contribution in [0.1, 0.15) is 17.4 Å². The smallest absolute Gasteiger partial charge is 0.325 e. The standard InChI is InChI=1S/C21H16N2O3/c1-13(24)21-18-11-17(8-9-19(18)23(22-21)12-20(25)26)16-7-6-14-4-2-3-5-15(14)10-16/h2-11H,12H2,1H3,(H,25,26). The molecule has 4 rings (SSSR count). The number of benzene rings is 3. The van der Waals surface area contributed by atoms with Crippen molar-refractivity contribution in [2.75, 3.05) is 0 Å². The first kappa shape index (κ1) is 16.0. The Labute approximate surface area is 149 Å². The van der Waals surface area contributed by atoms with Crippen molar-refractivity contribution in [1.29, 1.82) is 0 Å². The van der Waals surface area contributed by atoms with E-state index in [1.807, 2.05) is 36.4 Å². The molecule has 0 aliphatic rings. The van der Waals surface area contributed by atoms with Crippen LogP contribution in [-0.4, -0.2) is 26.6 Å². The van der Waals surface area contributed by atoms with Gasteiger partial charge in [-0.25, -0.2) is 0 Å². The van der Waals surface area contributed by atoms with E-state index in [1.165, 1.54) is 11.6 Å². The molecular formula is C21H16N2O3. The van der Waals surface area contributed by atoms with Crippen molar-refractivity contribution in [3.05, 3.63) is 66.4 Å². The van der Waals surface area contributed by atoms with E-state index in [0.29, 0.717) is 16.6 Å². The van der Waals surface area contributed by atoms with Gasteiger partial charge in [0.2, 0.25) is 0 Å². The molecule has 0 fully saturated rings. The molecule has 26 heavy (non-hydrogen) atoms. The number of Topliss-reactive ketones (excluding diaryl/α,β-unsaturated/α-hetero) is 1. The van der Waals surface area contributed by atoms with Crippen molar-refractivity contribution in [1.82, 2.24) is 9.78 Å². The second-order valence-electron chi connectivity index (χ2n) is 6.25. The Morgan fingerprint density at radius 2 is 1.65 bits per heavy atom. The molecule has 0 aliphatic carbocycles. The summed E-state index contributed by atoms with van der Waals surface area (Å²) in [4.78, 5) is 23.0. The lowest BCUT2D eigenvalue weighted by molar-refractivity contribution is -0.137. The van der Waals surface area contributed by atoms with Crippen molar-refractivity contribution in [3.8, 4) is 11.1 Å². The SMILES string of the molecule is CC(=O)c1nn(CC(=O)O)c2ccc(-c3ccc4ccccc4c3)cc12. The molecule has 0 aliphatic heterocycles. The molecular weight excluding hydrogens is 328 g/mol. The maximum Gasteiger partial charge on any atom is 0.325 e. The highest BCUT2D eigenvalue weighted by molar-refractivity contribution is 6.06. The highest BCUT2D eigenvalue weighted by atomic mass is 16.4. The molecule has 3 aromatic carbocycles. The molecule has 128 valence electrons. The van der Waals surface area contributed by atoms with Crippen LogP contribution in [0, 0.1) is 0 Å². The summed E-state index contributed by atoms with van der Waals surface area (Å²) in [5.41, 5.74) is 2.93. The summed E-state index contributed by atoms with van der Waals surface area (Å²) in [6, 6.07) is 20.0. The molecule has 0 unspecified atom stereocenters. The zero-order valence-electron chi connectivity index (χ0n) is 14.1. The Kier molecular flexibility index (Phi) is 3.77. The van der Waals surface area contributed by atoms with Gasteiger partial charge in [0.15, 0.2) is 5.78 Å². The van der Waals surface area contributed by atoms with Gasteiger partial charge in [-0.05, 0) is 40.1 Å². The van der Waals surface area contributed by atoms with Crippen molar-refractivity contribution in [2.45, 2.75) is 13.5 Å². The normalized spacial score (nSPS) is 11.1. The Bertz CT molecular complexity index is 1170. The molecule has 0 bridgehead atoms. The summed E-state index contributed by atoms with van der Waals surface area (Å²) >= 11 is 0. The number of hydrogen-bond donors (Lipinski definition) is 1. The van der Waals surface area contributed by atoms with E-state index in [0.717, 1.165) is 21.9 Å². The summed E-state index contributed by atoms with van der Waals surface area (Å²) in [5, 5.41) is 16.2. The molecule has 0 atom stereocenters. The van der Waals surface area contributed by atoms with E-state index in [-0.39, 0.29) is 12.3 Å². The van der Waals surface area contributed by atoms with Gasteiger partial charge in [0, 0.05) is 12.3 Å². The zero-order valence-corrected chi connectivity index (χ0v) is 14.1. The molecule has 0 saturated carbocycles. The number of nitrogens with zero attached hydrogens (tertiary/aromatic N) is 2. The number of hydrogen-bond acceptors (Lipinski definition) is 3. The van der Waals surface area contributed by atoms with Crippen LogP contribution >= 0.6 is 0 Å². The summed E-state index contributed by atoms with van der Waals surface area (Å²) in [5.74, 6) is -1.18. The summed E-state index contributed by atoms with van der Waals surface area (Å²) in [6.45, 7) is 1.16. The zero-order chi connectivity index (χ0) is 18.3. The molecule has 4 aromatic rings. The van der Waals surface area contributed by atoms with Gasteiger partial charge in [-0.15, -0.1) is 0 Å². The van der Waals surface area contributed by atoms with Crippen LogP contribution in [0.2, 0.25) is 0 Å². The molecule has 5 heteroatoms. The van der Waals surface area contributed by atoms with Crippen LogP contribution in [0.4, 0.5) is 0 Å². The van der Waals surface area contributed by atoms with E-state index < -0.39 is 5.97 Å². The van der Waals surface area contributed by atoms with Crippen molar-refractivity contribution >= 4 is 33.4 Å². The lowest BCUT2D eigenvalue weighted by Crippen LogP contribution is -2.10. The second kappa shape index (κ2) is 6.11. The van der Waals surface area contributed by atoms with Gasteiger partial charge in [-0.1, -0.05) is 42.5 Å². The number of carbonyl (C=O) groups excluding carboxylic acids is 1. The number of aromatic nitrogens is 2. The van der Waals surface area contributed by atoms with Crippen LogP contribution in [0.3, 0.4) is 0 Å². The average molecular weight is 344 g/mol. The highest BCUT2D eigenvalue weighted by Crippen LogP contribution is 2.29. The van der Waals surface area contributed by atoms with Crippen molar-refractivity contribution in [3.63, 3.8) is 0 Å². The maximum absolute atomic E-state index is 12.0. The van der Waals surface area contributed by atoms with Crippen LogP contribution in [0.5, 0.6) is 0 Å². The Morgan fingerprint density at radius 1 is 0.962 bits per heavy atom. The van der Waals surface area contributed by atoms with Gasteiger partial charge < -0.3 is 5.11 Å². The van der Waals surface area contributed by atoms with E-state index in [4.69, 9.17) is 5.11 Å². The van der Waals surface area contributed by atoms with Crippen molar-refractivity contribution < 1.29 is 14.7 Å². The first-order valence-corrected chi connectivity index (χ1v) is 8.25. The Morgan fingerprint density at radius 3 is 2.38 bits per heavy atom. The van der Waals surface area contributed by atoms with Gasteiger partial charge in [-0.3, -0.25) is 14.3 Å². The third kappa shape index (κ3) is 2.73. The topological polar surface area (TPSA) is 72.2 Å². The average Bonchev–Trinajstić information content (AvgIpc) is 2.99. The minimum Gasteiger partial charge on any atom is -0.480 e. The molecule has 0 spiro atoms. The van der Waals surface area contributed by atoms with Crippen molar-refractivity contribution in [2.24, 2.45) is 0 Å². The number of carboxylic acids is 1. The number of carbonyl (C=O) groups is 2. The minimum absolute atomic E-state index is 0.185. The third-order valence-electron chi connectivity index (χ3n) is 4.45.